The van der Waals surface area contributed by atoms with Gasteiger partial charge >= 0.3 is 0 Å². The first-order chi connectivity index (χ1) is 8.71. The fourth-order valence-corrected chi connectivity index (χ4v) is 1.71. The monoisotopic (exact) mass is 266 g/mol. The maximum Gasteiger partial charge on any atom is 0.222 e. The van der Waals surface area contributed by atoms with Crippen LogP contribution in [0.25, 0.3) is 0 Å². The zero-order chi connectivity index (χ0) is 14.6. The van der Waals surface area contributed by atoms with E-state index >= 15 is 0 Å². The van der Waals surface area contributed by atoms with E-state index in [-0.39, 0.29) is 35.6 Å². The van der Waals surface area contributed by atoms with E-state index in [1.807, 2.05) is 20.8 Å². The number of hydrogen-bond donors (Lipinski definition) is 2. The van der Waals surface area contributed by atoms with E-state index in [4.69, 9.17) is 5.73 Å². The van der Waals surface area contributed by atoms with Crippen molar-refractivity contribution in [1.29, 1.82) is 0 Å². The molecule has 0 fully saturated rings. The predicted octanol–water partition coefficient (Wildman–Crippen LogP) is 2.77. The second kappa shape index (κ2) is 6.15. The van der Waals surface area contributed by atoms with Gasteiger partial charge in [-0.2, -0.15) is 0 Å². The van der Waals surface area contributed by atoms with E-state index in [1.54, 1.807) is 25.1 Å². The van der Waals surface area contributed by atoms with E-state index in [2.05, 4.69) is 5.32 Å². The lowest BCUT2D eigenvalue weighted by atomic mass is 9.85. The van der Waals surface area contributed by atoms with Crippen molar-refractivity contribution in [1.82, 2.24) is 5.32 Å². The highest BCUT2D eigenvalue weighted by Gasteiger charge is 2.24. The Balaban J connectivity index is 2.61. The van der Waals surface area contributed by atoms with Crippen LogP contribution >= 0.6 is 0 Å². The van der Waals surface area contributed by atoms with E-state index < -0.39 is 0 Å². The molecule has 106 valence electrons. The Morgan fingerprint density at radius 2 is 1.95 bits per heavy atom. The summed E-state index contributed by atoms with van der Waals surface area (Å²) >= 11 is 0. The van der Waals surface area contributed by atoms with Gasteiger partial charge in [0.25, 0.3) is 0 Å². The molecule has 0 aromatic heterocycles. The van der Waals surface area contributed by atoms with Crippen LogP contribution in [-0.4, -0.2) is 11.9 Å². The van der Waals surface area contributed by atoms with Gasteiger partial charge in [-0.05, 0) is 18.4 Å². The molecule has 1 aromatic rings. The molecule has 4 heteroatoms. The van der Waals surface area contributed by atoms with Crippen LogP contribution in [0.15, 0.2) is 24.3 Å². The minimum absolute atomic E-state index is 0.126. The van der Waals surface area contributed by atoms with Crippen molar-refractivity contribution in [2.24, 2.45) is 11.1 Å². The zero-order valence-corrected chi connectivity index (χ0v) is 12.0. The third kappa shape index (κ3) is 4.63. The molecular weight excluding hydrogens is 243 g/mol. The Morgan fingerprint density at radius 3 is 2.47 bits per heavy atom. The number of halogens is 1. The zero-order valence-electron chi connectivity index (χ0n) is 12.0. The summed E-state index contributed by atoms with van der Waals surface area (Å²) in [5.41, 5.74) is 6.32. The molecule has 1 aromatic carbocycles. The molecule has 19 heavy (non-hydrogen) atoms. The number of rotatable bonds is 4. The van der Waals surface area contributed by atoms with Crippen molar-refractivity contribution in [2.75, 3.05) is 0 Å². The molecule has 0 radical (unpaired) electrons. The van der Waals surface area contributed by atoms with Crippen LogP contribution in [0, 0.1) is 11.2 Å². The normalized spacial score (nSPS) is 14.8. The smallest absolute Gasteiger partial charge is 0.222 e. The molecule has 0 saturated carbocycles. The van der Waals surface area contributed by atoms with Gasteiger partial charge in [-0.3, -0.25) is 4.79 Å². The van der Waals surface area contributed by atoms with E-state index in [0.717, 1.165) is 0 Å². The van der Waals surface area contributed by atoms with Gasteiger partial charge in [0.2, 0.25) is 5.91 Å². The summed E-state index contributed by atoms with van der Waals surface area (Å²) in [4.78, 5) is 11.9. The molecule has 3 N–H and O–H groups in total. The van der Waals surface area contributed by atoms with Crippen molar-refractivity contribution in [3.05, 3.63) is 35.6 Å². The van der Waals surface area contributed by atoms with Gasteiger partial charge in [-0.15, -0.1) is 0 Å². The number of nitrogens with one attached hydrogen (secondary N) is 1. The molecule has 0 spiro atoms. The predicted molar refractivity (Wildman–Crippen MR) is 75.0 cm³/mol. The van der Waals surface area contributed by atoms with Gasteiger partial charge in [0.1, 0.15) is 5.82 Å². The first kappa shape index (κ1) is 15.6. The Labute approximate surface area is 114 Å². The third-order valence-corrected chi connectivity index (χ3v) is 3.27. The van der Waals surface area contributed by atoms with Crippen LogP contribution in [0.3, 0.4) is 0 Å². The Morgan fingerprint density at radius 1 is 1.37 bits per heavy atom. The fourth-order valence-electron chi connectivity index (χ4n) is 1.71. The standard InChI is InChI=1S/C15H23FN2O/c1-10(11-7-5-6-8-12(11)16)18-14(19)9-13(17)15(2,3)4/h5-8,10,13H,9,17H2,1-4H3,(H,18,19). The topological polar surface area (TPSA) is 55.1 Å². The first-order valence-corrected chi connectivity index (χ1v) is 6.51. The van der Waals surface area contributed by atoms with Crippen LogP contribution in [0.1, 0.15) is 45.7 Å². The summed E-state index contributed by atoms with van der Waals surface area (Å²) < 4.78 is 13.6. The number of nitrogens with two attached hydrogens (primary N) is 1. The van der Waals surface area contributed by atoms with E-state index in [9.17, 15) is 9.18 Å². The second-order valence-electron chi connectivity index (χ2n) is 5.99. The van der Waals surface area contributed by atoms with Crippen molar-refractivity contribution in [3.63, 3.8) is 0 Å². The highest BCUT2D eigenvalue weighted by atomic mass is 19.1. The summed E-state index contributed by atoms with van der Waals surface area (Å²) in [7, 11) is 0. The minimum atomic E-state index is -0.360. The van der Waals surface area contributed by atoms with Crippen molar-refractivity contribution < 1.29 is 9.18 Å². The molecule has 1 amide bonds. The van der Waals surface area contributed by atoms with Gasteiger partial charge in [-0.1, -0.05) is 39.0 Å². The molecule has 0 bridgehead atoms. The quantitative estimate of drug-likeness (QED) is 0.880. The third-order valence-electron chi connectivity index (χ3n) is 3.27. The summed E-state index contributed by atoms with van der Waals surface area (Å²) in [5.74, 6) is -0.464. The van der Waals surface area contributed by atoms with Crippen LogP contribution in [0.5, 0.6) is 0 Å². The van der Waals surface area contributed by atoms with Gasteiger partial charge in [-0.25, -0.2) is 4.39 Å². The summed E-state index contributed by atoms with van der Waals surface area (Å²) in [5, 5.41) is 2.78. The maximum absolute atomic E-state index is 13.6. The SMILES string of the molecule is CC(NC(=O)CC(N)C(C)(C)C)c1ccccc1F. The first-order valence-electron chi connectivity index (χ1n) is 6.51. The van der Waals surface area contributed by atoms with Crippen LogP contribution < -0.4 is 11.1 Å². The lowest BCUT2D eigenvalue weighted by Gasteiger charge is -2.27. The molecule has 0 aliphatic rings. The molecule has 0 aliphatic heterocycles. The van der Waals surface area contributed by atoms with Gasteiger partial charge in [0.05, 0.1) is 6.04 Å². The van der Waals surface area contributed by atoms with E-state index in [1.165, 1.54) is 6.07 Å². The number of benzene rings is 1. The van der Waals surface area contributed by atoms with Gasteiger partial charge in [0.15, 0.2) is 0 Å². The number of carbonyl (C=O) groups is 1. The molecule has 2 atom stereocenters. The molecule has 3 nitrogen and oxygen atoms in total. The largest absolute Gasteiger partial charge is 0.349 e. The highest BCUT2D eigenvalue weighted by molar-refractivity contribution is 5.77. The summed E-state index contributed by atoms with van der Waals surface area (Å²) in [6, 6.07) is 5.86. The van der Waals surface area contributed by atoms with E-state index in [0.29, 0.717) is 5.56 Å². The lowest BCUT2D eigenvalue weighted by Crippen LogP contribution is -2.40. The molecule has 2 unspecified atom stereocenters. The van der Waals surface area contributed by atoms with Crippen LogP contribution in [-0.2, 0) is 4.79 Å². The Bertz CT molecular complexity index is 440. The number of hydrogen-bond acceptors (Lipinski definition) is 2. The van der Waals surface area contributed by atoms with Crippen molar-refractivity contribution in [2.45, 2.75) is 46.2 Å². The number of carbonyl (C=O) groups excluding carboxylic acids is 1. The van der Waals surface area contributed by atoms with Crippen LogP contribution in [0.2, 0.25) is 0 Å². The van der Waals surface area contributed by atoms with Gasteiger partial charge < -0.3 is 11.1 Å². The fraction of sp³-hybridized carbons (Fsp3) is 0.533. The molecular formula is C15H23FN2O. The molecule has 0 heterocycles. The van der Waals surface area contributed by atoms with Crippen LogP contribution in [0.4, 0.5) is 4.39 Å². The number of amides is 1. The minimum Gasteiger partial charge on any atom is -0.349 e. The Kier molecular flexibility index (Phi) is 5.06. The molecule has 1 rings (SSSR count). The Hall–Kier alpha value is -1.42. The second-order valence-corrected chi connectivity index (χ2v) is 5.99. The lowest BCUT2D eigenvalue weighted by molar-refractivity contribution is -0.122. The van der Waals surface area contributed by atoms with Crippen molar-refractivity contribution in [3.8, 4) is 0 Å². The molecule has 0 saturated heterocycles. The maximum atomic E-state index is 13.6. The average molecular weight is 266 g/mol. The molecule has 0 aliphatic carbocycles. The highest BCUT2D eigenvalue weighted by Crippen LogP contribution is 2.21. The van der Waals surface area contributed by atoms with Crippen molar-refractivity contribution >= 4 is 5.91 Å². The van der Waals surface area contributed by atoms with Gasteiger partial charge in [0, 0.05) is 18.0 Å². The summed E-state index contributed by atoms with van der Waals surface area (Å²) in [6.45, 7) is 7.74. The average Bonchev–Trinajstić information content (AvgIpc) is 2.27. The summed E-state index contributed by atoms with van der Waals surface area (Å²) in [6.07, 6.45) is 0.238.